The molecule has 94 valence electrons. The van der Waals surface area contributed by atoms with Crippen molar-refractivity contribution in [3.8, 4) is 5.75 Å². The van der Waals surface area contributed by atoms with Crippen molar-refractivity contribution in [3.63, 3.8) is 0 Å². The summed E-state index contributed by atoms with van der Waals surface area (Å²) in [5.74, 6) is 1.59. The van der Waals surface area contributed by atoms with Crippen LogP contribution in [0.1, 0.15) is 11.4 Å². The quantitative estimate of drug-likeness (QED) is 0.664. The molecule has 0 atom stereocenters. The first kappa shape index (κ1) is 12.6. The number of aromatic nitrogens is 3. The Morgan fingerprint density at radius 1 is 1.56 bits per heavy atom. The monoisotopic (exact) mass is 261 g/mol. The van der Waals surface area contributed by atoms with E-state index in [0.29, 0.717) is 17.9 Å². The lowest BCUT2D eigenvalue weighted by Crippen LogP contribution is -2.06. The van der Waals surface area contributed by atoms with Gasteiger partial charge in [0.2, 0.25) is 0 Å². The molecule has 2 rings (SSSR count). The van der Waals surface area contributed by atoms with E-state index in [2.05, 4.69) is 16.8 Å². The Morgan fingerprint density at radius 3 is 3.11 bits per heavy atom. The van der Waals surface area contributed by atoms with Crippen molar-refractivity contribution in [3.05, 3.63) is 53.1 Å². The molecule has 4 nitrogen and oxygen atoms in total. The fourth-order valence-electron chi connectivity index (χ4n) is 1.63. The summed E-state index contributed by atoms with van der Waals surface area (Å²) in [4.78, 5) is 0. The Hall–Kier alpha value is -1.88. The Kier molecular flexibility index (Phi) is 3.94. The van der Waals surface area contributed by atoms with Crippen molar-refractivity contribution in [1.82, 2.24) is 14.8 Å². The third-order valence-corrected chi connectivity index (χ3v) is 2.82. The number of hydrogen-bond acceptors (Lipinski definition) is 3. The highest BCUT2D eigenvalue weighted by atomic mass is 32.1. The van der Waals surface area contributed by atoms with Crippen LogP contribution in [0, 0.1) is 11.7 Å². The molecule has 0 aliphatic heterocycles. The molecule has 0 fully saturated rings. The number of rotatable bonds is 5. The van der Waals surface area contributed by atoms with E-state index in [1.807, 2.05) is 35.8 Å². The van der Waals surface area contributed by atoms with Gasteiger partial charge in [0, 0.05) is 6.54 Å². The molecule has 1 aromatic carbocycles. The van der Waals surface area contributed by atoms with Crippen LogP contribution in [0.5, 0.6) is 5.75 Å². The van der Waals surface area contributed by atoms with Crippen LogP contribution < -0.4 is 4.74 Å². The highest BCUT2D eigenvalue weighted by molar-refractivity contribution is 7.71. The lowest BCUT2D eigenvalue weighted by atomic mass is 10.2. The molecule has 0 radical (unpaired) electrons. The molecule has 1 aromatic heterocycles. The average Bonchev–Trinajstić information content (AvgIpc) is 2.69. The van der Waals surface area contributed by atoms with Crippen LogP contribution >= 0.6 is 12.2 Å². The SMILES string of the molecule is C=CCn1c(COc2cccc(C)c2)n[nH]c1=S. The highest BCUT2D eigenvalue weighted by Crippen LogP contribution is 2.14. The fraction of sp³-hybridized carbons (Fsp3) is 0.231. The summed E-state index contributed by atoms with van der Waals surface area (Å²) in [5.41, 5.74) is 1.16. The number of ether oxygens (including phenoxy) is 1. The van der Waals surface area contributed by atoms with Gasteiger partial charge in [-0.3, -0.25) is 9.67 Å². The average molecular weight is 261 g/mol. The second-order valence-electron chi connectivity index (χ2n) is 3.95. The standard InChI is InChI=1S/C13H15N3OS/c1-3-7-16-12(14-15-13(16)18)9-17-11-6-4-5-10(2)8-11/h3-6,8H,1,7,9H2,2H3,(H,15,18). The number of aromatic amines is 1. The number of benzene rings is 1. The summed E-state index contributed by atoms with van der Waals surface area (Å²) < 4.78 is 8.13. The first-order chi connectivity index (χ1) is 8.70. The number of nitrogens with one attached hydrogen (secondary N) is 1. The lowest BCUT2D eigenvalue weighted by molar-refractivity contribution is 0.290. The maximum absolute atomic E-state index is 5.69. The molecule has 1 N–H and O–H groups in total. The van der Waals surface area contributed by atoms with Crippen LogP contribution in [0.2, 0.25) is 0 Å². The minimum absolute atomic E-state index is 0.379. The Labute approximate surface area is 111 Å². The number of H-pyrrole nitrogens is 1. The molecule has 2 aromatic rings. The van der Waals surface area contributed by atoms with Crippen molar-refractivity contribution in [2.45, 2.75) is 20.1 Å². The van der Waals surface area contributed by atoms with E-state index in [1.165, 1.54) is 0 Å². The van der Waals surface area contributed by atoms with Gasteiger partial charge in [0.1, 0.15) is 12.4 Å². The predicted octanol–water partition coefficient (Wildman–Crippen LogP) is 3.01. The van der Waals surface area contributed by atoms with Gasteiger partial charge < -0.3 is 4.74 Å². The van der Waals surface area contributed by atoms with E-state index in [0.717, 1.165) is 17.1 Å². The van der Waals surface area contributed by atoms with Crippen LogP contribution in [0.25, 0.3) is 0 Å². The van der Waals surface area contributed by atoms with Gasteiger partial charge >= 0.3 is 0 Å². The molecule has 0 amide bonds. The van der Waals surface area contributed by atoms with Gasteiger partial charge in [0.05, 0.1) is 0 Å². The van der Waals surface area contributed by atoms with Gasteiger partial charge in [-0.15, -0.1) is 6.58 Å². The third kappa shape index (κ3) is 2.87. The van der Waals surface area contributed by atoms with Crippen LogP contribution in [-0.2, 0) is 13.2 Å². The van der Waals surface area contributed by atoms with Crippen molar-refractivity contribution in [1.29, 1.82) is 0 Å². The number of aryl methyl sites for hydroxylation is 1. The zero-order valence-electron chi connectivity index (χ0n) is 10.2. The molecule has 1 heterocycles. The van der Waals surface area contributed by atoms with Crippen molar-refractivity contribution in [2.24, 2.45) is 0 Å². The minimum Gasteiger partial charge on any atom is -0.486 e. The van der Waals surface area contributed by atoms with E-state index in [9.17, 15) is 0 Å². The number of nitrogens with zero attached hydrogens (tertiary/aromatic N) is 2. The molecular weight excluding hydrogens is 246 g/mol. The lowest BCUT2D eigenvalue weighted by Gasteiger charge is -2.07. The Bertz CT molecular complexity index is 600. The summed E-state index contributed by atoms with van der Waals surface area (Å²) in [6, 6.07) is 7.90. The van der Waals surface area contributed by atoms with Crippen LogP contribution in [0.15, 0.2) is 36.9 Å². The molecule has 0 unspecified atom stereocenters. The van der Waals surface area contributed by atoms with Crippen LogP contribution in [0.3, 0.4) is 0 Å². The van der Waals surface area contributed by atoms with E-state index < -0.39 is 0 Å². The Balaban J connectivity index is 2.10. The largest absolute Gasteiger partial charge is 0.486 e. The highest BCUT2D eigenvalue weighted by Gasteiger charge is 2.05. The number of allylic oxidation sites excluding steroid dienone is 1. The van der Waals surface area contributed by atoms with Gasteiger partial charge in [-0.25, -0.2) is 0 Å². The molecule has 5 heteroatoms. The normalized spacial score (nSPS) is 10.3. The van der Waals surface area contributed by atoms with Gasteiger partial charge in [-0.2, -0.15) is 5.10 Å². The molecule has 0 saturated carbocycles. The molecule has 18 heavy (non-hydrogen) atoms. The maximum Gasteiger partial charge on any atom is 0.195 e. The van der Waals surface area contributed by atoms with Crippen LogP contribution in [0.4, 0.5) is 0 Å². The summed E-state index contributed by atoms with van der Waals surface area (Å²) >= 11 is 5.13. The molecule has 0 saturated heterocycles. The maximum atomic E-state index is 5.69. The summed E-state index contributed by atoms with van der Waals surface area (Å²) in [5, 5.41) is 6.90. The summed E-state index contributed by atoms with van der Waals surface area (Å²) in [6.45, 7) is 6.73. The van der Waals surface area contributed by atoms with Gasteiger partial charge in [0.25, 0.3) is 0 Å². The molecular formula is C13H15N3OS. The minimum atomic E-state index is 0.379. The van der Waals surface area contributed by atoms with E-state index in [1.54, 1.807) is 6.08 Å². The first-order valence-corrected chi connectivity index (χ1v) is 6.06. The summed E-state index contributed by atoms with van der Waals surface area (Å²) in [7, 11) is 0. The topological polar surface area (TPSA) is 42.8 Å². The van der Waals surface area contributed by atoms with Crippen LogP contribution in [-0.4, -0.2) is 14.8 Å². The summed E-state index contributed by atoms with van der Waals surface area (Å²) in [6.07, 6.45) is 1.78. The predicted molar refractivity (Wildman–Crippen MR) is 73.1 cm³/mol. The Morgan fingerprint density at radius 2 is 2.39 bits per heavy atom. The molecule has 0 aliphatic carbocycles. The van der Waals surface area contributed by atoms with Crippen molar-refractivity contribution < 1.29 is 4.74 Å². The van der Waals surface area contributed by atoms with Gasteiger partial charge in [0.15, 0.2) is 10.6 Å². The van der Waals surface area contributed by atoms with Crippen molar-refractivity contribution >= 4 is 12.2 Å². The third-order valence-electron chi connectivity index (χ3n) is 2.51. The first-order valence-electron chi connectivity index (χ1n) is 5.65. The molecule has 0 bridgehead atoms. The zero-order chi connectivity index (χ0) is 13.0. The fourth-order valence-corrected chi connectivity index (χ4v) is 1.86. The van der Waals surface area contributed by atoms with Crippen molar-refractivity contribution in [2.75, 3.05) is 0 Å². The smallest absolute Gasteiger partial charge is 0.195 e. The van der Waals surface area contributed by atoms with Gasteiger partial charge in [-0.05, 0) is 36.8 Å². The van der Waals surface area contributed by atoms with Gasteiger partial charge in [-0.1, -0.05) is 18.2 Å². The zero-order valence-corrected chi connectivity index (χ0v) is 11.0. The second-order valence-corrected chi connectivity index (χ2v) is 4.34. The second kappa shape index (κ2) is 5.64. The van der Waals surface area contributed by atoms with E-state index in [4.69, 9.17) is 17.0 Å². The molecule has 0 aliphatic rings. The van der Waals surface area contributed by atoms with E-state index in [-0.39, 0.29) is 0 Å². The van der Waals surface area contributed by atoms with E-state index >= 15 is 0 Å². The molecule has 0 spiro atoms. The number of hydrogen-bond donors (Lipinski definition) is 1.